The van der Waals surface area contributed by atoms with Gasteiger partial charge in [-0.25, -0.2) is 14.6 Å². The molecule has 2 heterocycles. The summed E-state index contributed by atoms with van der Waals surface area (Å²) in [5.74, 6) is -0.561. The van der Waals surface area contributed by atoms with Crippen molar-refractivity contribution in [2.24, 2.45) is 0 Å². The van der Waals surface area contributed by atoms with Gasteiger partial charge in [0.1, 0.15) is 6.61 Å². The molecule has 1 aromatic heterocycles. The van der Waals surface area contributed by atoms with Gasteiger partial charge in [0.15, 0.2) is 0 Å². The van der Waals surface area contributed by atoms with E-state index in [1.807, 2.05) is 91.0 Å². The fraction of sp³-hybridized carbons (Fsp3) is 0.294. The molecule has 0 radical (unpaired) electrons. The number of quaternary nitrogens is 1. The summed E-state index contributed by atoms with van der Waals surface area (Å²) in [4.78, 5) is 49.0. The maximum Gasteiger partial charge on any atom is 0.456 e. The zero-order valence-corrected chi connectivity index (χ0v) is 24.8. The number of nitrogens with zero attached hydrogens (tertiary/aromatic N) is 3. The number of hydrogen-bond acceptors (Lipinski definition) is 5. The second-order valence-corrected chi connectivity index (χ2v) is 11.7. The number of rotatable bonds is 11. The molecule has 3 amide bonds. The summed E-state index contributed by atoms with van der Waals surface area (Å²) in [6, 6.07) is 27.1. The Labute approximate surface area is 252 Å². The standard InChI is InChI=1S/C34H37N5O4/c1-34(2,27-17-11-6-12-18-27)23-36-31(40)30(19-25-13-7-4-8-14-25)39(3)32(41)29(20-28-21-35-24-37-28)38(39)33(42)43-22-26-15-9-5-10-16-26/h4-18,21,24,29-30H,19-20,22-23H2,1-3H3,(H-,35,36,37,40)/p+1/t29-,30?,39?/m0/s1. The molecule has 1 fully saturated rings. The minimum absolute atomic E-state index is 0.0436. The van der Waals surface area contributed by atoms with Gasteiger partial charge in [-0.2, -0.15) is 0 Å². The van der Waals surface area contributed by atoms with Crippen molar-refractivity contribution in [2.75, 3.05) is 13.6 Å². The average Bonchev–Trinajstić information content (AvgIpc) is 3.56. The second-order valence-electron chi connectivity index (χ2n) is 11.7. The highest BCUT2D eigenvalue weighted by Crippen LogP contribution is 2.36. The molecule has 43 heavy (non-hydrogen) atoms. The average molecular weight is 581 g/mol. The van der Waals surface area contributed by atoms with Gasteiger partial charge in [-0.1, -0.05) is 105 Å². The predicted octanol–water partition coefficient (Wildman–Crippen LogP) is 4.57. The summed E-state index contributed by atoms with van der Waals surface area (Å²) in [5.41, 5.74) is 3.14. The summed E-state index contributed by atoms with van der Waals surface area (Å²) < 4.78 is 5.21. The van der Waals surface area contributed by atoms with Crippen LogP contribution in [0.25, 0.3) is 0 Å². The number of hydrogen-bond donors (Lipinski definition) is 2. The molecular formula is C34H38N5O4+. The van der Waals surface area contributed by atoms with E-state index in [0.29, 0.717) is 12.2 Å². The third-order valence-corrected chi connectivity index (χ3v) is 8.28. The van der Waals surface area contributed by atoms with Crippen molar-refractivity contribution >= 4 is 17.9 Å². The lowest BCUT2D eigenvalue weighted by atomic mass is 9.84. The Bertz CT molecular complexity index is 1530. The van der Waals surface area contributed by atoms with E-state index in [9.17, 15) is 14.4 Å². The van der Waals surface area contributed by atoms with Crippen LogP contribution in [0, 0.1) is 0 Å². The molecule has 1 aliphatic heterocycles. The maximum absolute atomic E-state index is 14.1. The maximum atomic E-state index is 14.1. The number of likely N-dealkylation sites (N-methyl/N-ethyl adjacent to an activating group) is 1. The van der Waals surface area contributed by atoms with Crippen LogP contribution in [-0.4, -0.2) is 63.2 Å². The molecule has 1 aliphatic rings. The van der Waals surface area contributed by atoms with E-state index in [1.54, 1.807) is 13.2 Å². The zero-order valence-electron chi connectivity index (χ0n) is 24.8. The van der Waals surface area contributed by atoms with Gasteiger partial charge in [0.2, 0.25) is 12.1 Å². The Morgan fingerprint density at radius 1 is 0.977 bits per heavy atom. The smallest absolute Gasteiger partial charge is 0.441 e. The largest absolute Gasteiger partial charge is 0.456 e. The molecule has 0 spiro atoms. The van der Waals surface area contributed by atoms with Crippen LogP contribution in [0.2, 0.25) is 0 Å². The number of imidazole rings is 1. The van der Waals surface area contributed by atoms with Gasteiger partial charge in [-0.05, 0) is 16.7 Å². The molecule has 222 valence electrons. The number of ether oxygens (including phenoxy) is 1. The number of benzene rings is 3. The van der Waals surface area contributed by atoms with Crippen LogP contribution in [0.5, 0.6) is 0 Å². The van der Waals surface area contributed by atoms with E-state index in [-0.39, 0.29) is 36.7 Å². The number of nitrogens with one attached hydrogen (secondary N) is 2. The van der Waals surface area contributed by atoms with Crippen molar-refractivity contribution in [3.63, 3.8) is 0 Å². The summed E-state index contributed by atoms with van der Waals surface area (Å²) in [5, 5.41) is 4.52. The first-order chi connectivity index (χ1) is 20.7. The van der Waals surface area contributed by atoms with Crippen molar-refractivity contribution in [1.82, 2.24) is 20.3 Å². The minimum Gasteiger partial charge on any atom is -0.441 e. The van der Waals surface area contributed by atoms with E-state index >= 15 is 0 Å². The van der Waals surface area contributed by atoms with Crippen LogP contribution in [0.1, 0.15) is 36.2 Å². The lowest BCUT2D eigenvalue weighted by Crippen LogP contribution is -2.85. The Hall–Kier alpha value is -4.76. The Morgan fingerprint density at radius 2 is 1.58 bits per heavy atom. The number of carbonyl (C=O) groups excluding carboxylic acids is 3. The van der Waals surface area contributed by atoms with Gasteiger partial charge in [0.25, 0.3) is 5.91 Å². The molecule has 1 saturated heterocycles. The first-order valence-electron chi connectivity index (χ1n) is 14.5. The summed E-state index contributed by atoms with van der Waals surface area (Å²) in [6.45, 7) is 4.52. The molecule has 0 bridgehead atoms. The van der Waals surface area contributed by atoms with Gasteiger partial charge in [0.05, 0.1) is 13.4 Å². The third-order valence-electron chi connectivity index (χ3n) is 8.28. The highest BCUT2D eigenvalue weighted by atomic mass is 16.6. The van der Waals surface area contributed by atoms with E-state index in [2.05, 4.69) is 29.1 Å². The molecule has 9 heteroatoms. The highest BCUT2D eigenvalue weighted by molar-refractivity contribution is 5.91. The number of aromatic nitrogens is 2. The predicted molar refractivity (Wildman–Crippen MR) is 162 cm³/mol. The Balaban J connectivity index is 1.44. The van der Waals surface area contributed by atoms with E-state index in [1.165, 1.54) is 11.3 Å². The van der Waals surface area contributed by atoms with Gasteiger partial charge >= 0.3 is 12.0 Å². The van der Waals surface area contributed by atoms with E-state index in [0.717, 1.165) is 16.7 Å². The van der Waals surface area contributed by atoms with Gasteiger partial charge in [-0.15, -0.1) is 9.60 Å². The number of aromatic amines is 1. The van der Waals surface area contributed by atoms with Crippen molar-refractivity contribution in [3.8, 4) is 0 Å². The summed E-state index contributed by atoms with van der Waals surface area (Å²) in [7, 11) is 1.63. The highest BCUT2D eigenvalue weighted by Gasteiger charge is 2.68. The molecular weight excluding hydrogens is 542 g/mol. The van der Waals surface area contributed by atoms with Crippen LogP contribution in [-0.2, 0) is 39.2 Å². The SMILES string of the molecule is CC(C)(CNC(=O)C(Cc1ccccc1)[N+]1(C)C(=O)[C@H](Cc2cnc[nH]2)N1C(=O)OCc1ccccc1)c1ccccc1. The quantitative estimate of drug-likeness (QED) is 0.253. The first kappa shape index (κ1) is 29.7. The monoisotopic (exact) mass is 580 g/mol. The van der Waals surface area contributed by atoms with E-state index in [4.69, 9.17) is 4.74 Å². The minimum atomic E-state index is -0.913. The topological polar surface area (TPSA) is 104 Å². The van der Waals surface area contributed by atoms with Crippen LogP contribution >= 0.6 is 0 Å². The van der Waals surface area contributed by atoms with Crippen LogP contribution in [0.15, 0.2) is 104 Å². The number of amides is 3. The second kappa shape index (κ2) is 12.6. The summed E-state index contributed by atoms with van der Waals surface area (Å²) >= 11 is 0. The molecule has 5 rings (SSSR count). The molecule has 3 atom stereocenters. The van der Waals surface area contributed by atoms with Gasteiger partial charge in [0, 0.05) is 36.7 Å². The van der Waals surface area contributed by atoms with Crippen molar-refractivity contribution in [3.05, 3.63) is 126 Å². The van der Waals surface area contributed by atoms with Crippen LogP contribution in [0.3, 0.4) is 0 Å². The number of H-pyrrole nitrogens is 1. The van der Waals surface area contributed by atoms with Crippen molar-refractivity contribution < 1.29 is 23.7 Å². The number of carbonyl (C=O) groups is 3. The summed E-state index contributed by atoms with van der Waals surface area (Å²) in [6.07, 6.45) is 2.98. The lowest BCUT2D eigenvalue weighted by Gasteiger charge is -2.54. The molecule has 3 aromatic carbocycles. The Morgan fingerprint density at radius 3 is 2.19 bits per heavy atom. The van der Waals surface area contributed by atoms with Crippen LogP contribution in [0.4, 0.5) is 4.79 Å². The molecule has 0 aliphatic carbocycles. The molecule has 9 nitrogen and oxygen atoms in total. The first-order valence-corrected chi connectivity index (χ1v) is 14.5. The molecule has 4 aromatic rings. The van der Waals surface area contributed by atoms with Gasteiger partial charge < -0.3 is 15.0 Å². The molecule has 2 unspecified atom stereocenters. The molecule has 2 N–H and O–H groups in total. The zero-order chi connectivity index (χ0) is 30.5. The molecule has 0 saturated carbocycles. The van der Waals surface area contributed by atoms with E-state index < -0.39 is 22.8 Å². The third kappa shape index (κ3) is 6.36. The Kier molecular flexibility index (Phi) is 8.73. The van der Waals surface area contributed by atoms with Gasteiger partial charge in [-0.3, -0.25) is 4.79 Å². The normalized spacial score (nSPS) is 18.9. The van der Waals surface area contributed by atoms with Crippen LogP contribution < -0.4 is 5.32 Å². The fourth-order valence-electron chi connectivity index (χ4n) is 5.66. The lowest BCUT2D eigenvalue weighted by molar-refractivity contribution is -0.989. The van der Waals surface area contributed by atoms with Crippen molar-refractivity contribution in [1.29, 1.82) is 0 Å². The van der Waals surface area contributed by atoms with Crippen molar-refractivity contribution in [2.45, 2.75) is 50.8 Å². The fourth-order valence-corrected chi connectivity index (χ4v) is 5.66.